The van der Waals surface area contributed by atoms with E-state index >= 15 is 0 Å². The number of nitrogens with one attached hydrogen (secondary N) is 2. The molecule has 2 aromatic rings. The lowest BCUT2D eigenvalue weighted by Crippen LogP contribution is -2.26. The molecule has 0 saturated heterocycles. The first kappa shape index (κ1) is 13.3. The van der Waals surface area contributed by atoms with E-state index in [0.717, 1.165) is 17.4 Å². The van der Waals surface area contributed by atoms with Gasteiger partial charge >= 0.3 is 0 Å². The highest BCUT2D eigenvalue weighted by atomic mass is 79.9. The number of carbonyl (C=O) groups is 1. The minimum Gasteiger partial charge on any atom is -0.351 e. The minimum absolute atomic E-state index is 0.166. The molecule has 1 amide bonds. The molecule has 0 aliphatic carbocycles. The predicted molar refractivity (Wildman–Crippen MR) is 73.2 cm³/mol. The van der Waals surface area contributed by atoms with Crippen molar-refractivity contribution in [3.63, 3.8) is 0 Å². The second kappa shape index (κ2) is 6.14. The van der Waals surface area contributed by atoms with Crippen LogP contribution >= 0.6 is 31.9 Å². The van der Waals surface area contributed by atoms with Crippen LogP contribution in [-0.4, -0.2) is 32.4 Å². The molecule has 8 heteroatoms. The predicted octanol–water partition coefficient (Wildman–Crippen LogP) is 1.95. The van der Waals surface area contributed by atoms with Crippen LogP contribution in [0.1, 0.15) is 16.9 Å². The quantitative estimate of drug-likeness (QED) is 0.783. The molecule has 0 unspecified atom stereocenters. The Hall–Kier alpha value is -1.15. The van der Waals surface area contributed by atoms with Gasteiger partial charge in [-0.3, -0.25) is 14.6 Å². The first-order valence-electron chi connectivity index (χ1n) is 5.32. The van der Waals surface area contributed by atoms with E-state index in [2.05, 4.69) is 52.5 Å². The monoisotopic (exact) mass is 375 g/mol. The summed E-state index contributed by atoms with van der Waals surface area (Å²) in [4.78, 5) is 11.7. The summed E-state index contributed by atoms with van der Waals surface area (Å²) >= 11 is 6.57. The molecule has 96 valence electrons. The van der Waals surface area contributed by atoms with Gasteiger partial charge in [-0.2, -0.15) is 10.2 Å². The number of rotatable bonds is 5. The molecule has 0 fully saturated rings. The highest BCUT2D eigenvalue weighted by Crippen LogP contribution is 2.12. The minimum atomic E-state index is -0.166. The van der Waals surface area contributed by atoms with Crippen LogP contribution in [-0.2, 0) is 6.54 Å². The van der Waals surface area contributed by atoms with Crippen LogP contribution in [0.2, 0.25) is 0 Å². The molecule has 0 aliphatic heterocycles. The number of aromatic amines is 1. The van der Waals surface area contributed by atoms with Gasteiger partial charge in [0.2, 0.25) is 0 Å². The Morgan fingerprint density at radius 3 is 2.89 bits per heavy atom. The number of halogens is 2. The average Bonchev–Trinajstić information content (AvgIpc) is 2.93. The standard InChI is InChI=1S/C10H11Br2N5O/c11-7-4-15-17(6-7)3-1-2-13-10(18)9-8(12)5-14-16-9/h4-6H,1-3H2,(H,13,18)(H,14,16). The normalized spacial score (nSPS) is 10.6. The second-order valence-electron chi connectivity index (χ2n) is 3.62. The van der Waals surface area contributed by atoms with Crippen molar-refractivity contribution in [2.45, 2.75) is 13.0 Å². The summed E-state index contributed by atoms with van der Waals surface area (Å²) < 4.78 is 3.44. The van der Waals surface area contributed by atoms with Gasteiger partial charge in [0.25, 0.3) is 5.91 Å². The third-order valence-corrected chi connectivity index (χ3v) is 3.28. The molecule has 18 heavy (non-hydrogen) atoms. The molecule has 2 heterocycles. The van der Waals surface area contributed by atoms with Gasteiger partial charge in [-0.15, -0.1) is 0 Å². The van der Waals surface area contributed by atoms with E-state index in [1.807, 2.05) is 10.9 Å². The zero-order valence-corrected chi connectivity index (χ0v) is 12.5. The SMILES string of the molecule is O=C(NCCCn1cc(Br)cn1)c1[nH]ncc1Br. The molecule has 0 saturated carbocycles. The second-order valence-corrected chi connectivity index (χ2v) is 5.39. The van der Waals surface area contributed by atoms with Crippen LogP contribution in [0.25, 0.3) is 0 Å². The Morgan fingerprint density at radius 2 is 2.28 bits per heavy atom. The molecule has 2 N–H and O–H groups in total. The average molecular weight is 377 g/mol. The van der Waals surface area contributed by atoms with Gasteiger partial charge in [0.05, 0.1) is 21.3 Å². The molecular formula is C10H11Br2N5O. The van der Waals surface area contributed by atoms with Crippen LogP contribution in [0.15, 0.2) is 27.5 Å². The molecule has 0 atom stereocenters. The van der Waals surface area contributed by atoms with E-state index in [4.69, 9.17) is 0 Å². The van der Waals surface area contributed by atoms with Gasteiger partial charge in [0.1, 0.15) is 5.69 Å². The van der Waals surface area contributed by atoms with Crippen LogP contribution in [0, 0.1) is 0 Å². The van der Waals surface area contributed by atoms with Crippen molar-refractivity contribution in [3.8, 4) is 0 Å². The number of amides is 1. The summed E-state index contributed by atoms with van der Waals surface area (Å²) in [5.41, 5.74) is 0.442. The van der Waals surface area contributed by atoms with Crippen LogP contribution in [0.3, 0.4) is 0 Å². The smallest absolute Gasteiger partial charge is 0.270 e. The molecule has 0 aliphatic rings. The molecule has 0 spiro atoms. The lowest BCUT2D eigenvalue weighted by atomic mass is 10.3. The van der Waals surface area contributed by atoms with Gasteiger partial charge < -0.3 is 5.32 Å². The van der Waals surface area contributed by atoms with E-state index in [1.165, 1.54) is 0 Å². The maximum absolute atomic E-state index is 11.7. The van der Waals surface area contributed by atoms with E-state index in [0.29, 0.717) is 16.7 Å². The van der Waals surface area contributed by atoms with Gasteiger partial charge in [0, 0.05) is 19.3 Å². The van der Waals surface area contributed by atoms with Crippen molar-refractivity contribution in [1.29, 1.82) is 0 Å². The van der Waals surface area contributed by atoms with Crippen molar-refractivity contribution >= 4 is 37.8 Å². The number of H-pyrrole nitrogens is 1. The lowest BCUT2D eigenvalue weighted by molar-refractivity contribution is 0.0947. The fraction of sp³-hybridized carbons (Fsp3) is 0.300. The van der Waals surface area contributed by atoms with E-state index < -0.39 is 0 Å². The number of carbonyl (C=O) groups excluding carboxylic acids is 1. The largest absolute Gasteiger partial charge is 0.351 e. The number of hydrogen-bond donors (Lipinski definition) is 2. The first-order valence-corrected chi connectivity index (χ1v) is 6.90. The van der Waals surface area contributed by atoms with Gasteiger partial charge in [-0.25, -0.2) is 0 Å². The van der Waals surface area contributed by atoms with Crippen molar-refractivity contribution in [2.75, 3.05) is 6.54 Å². The molecule has 0 radical (unpaired) electrons. The summed E-state index contributed by atoms with van der Waals surface area (Å²) in [6, 6.07) is 0. The molecular weight excluding hydrogens is 366 g/mol. The zero-order chi connectivity index (χ0) is 13.0. The van der Waals surface area contributed by atoms with E-state index in [1.54, 1.807) is 12.4 Å². The summed E-state index contributed by atoms with van der Waals surface area (Å²) in [5, 5.41) is 13.3. The van der Waals surface area contributed by atoms with Crippen molar-refractivity contribution < 1.29 is 4.79 Å². The third kappa shape index (κ3) is 3.42. The van der Waals surface area contributed by atoms with Crippen LogP contribution in [0.5, 0.6) is 0 Å². The third-order valence-electron chi connectivity index (χ3n) is 2.27. The number of hydrogen-bond acceptors (Lipinski definition) is 3. The summed E-state index contributed by atoms with van der Waals surface area (Å²) in [5.74, 6) is -0.166. The summed E-state index contributed by atoms with van der Waals surface area (Å²) in [6.07, 6.45) is 6.00. The van der Waals surface area contributed by atoms with Gasteiger partial charge in [-0.1, -0.05) is 0 Å². The van der Waals surface area contributed by atoms with Crippen LogP contribution in [0.4, 0.5) is 0 Å². The Labute approximate surface area is 120 Å². The lowest BCUT2D eigenvalue weighted by Gasteiger charge is -2.04. The first-order chi connectivity index (χ1) is 8.66. The molecule has 2 aromatic heterocycles. The summed E-state index contributed by atoms with van der Waals surface area (Å²) in [6.45, 7) is 1.35. The highest BCUT2D eigenvalue weighted by molar-refractivity contribution is 9.10. The number of aryl methyl sites for hydroxylation is 1. The molecule has 0 bridgehead atoms. The van der Waals surface area contributed by atoms with Crippen molar-refractivity contribution in [2.24, 2.45) is 0 Å². The van der Waals surface area contributed by atoms with E-state index in [-0.39, 0.29) is 5.91 Å². The Bertz CT molecular complexity index is 536. The van der Waals surface area contributed by atoms with Gasteiger partial charge in [0.15, 0.2) is 0 Å². The van der Waals surface area contributed by atoms with Gasteiger partial charge in [-0.05, 0) is 38.3 Å². The molecule has 2 rings (SSSR count). The topological polar surface area (TPSA) is 75.6 Å². The van der Waals surface area contributed by atoms with E-state index in [9.17, 15) is 4.79 Å². The Balaban J connectivity index is 1.73. The van der Waals surface area contributed by atoms with Crippen LogP contribution < -0.4 is 5.32 Å². The Kier molecular flexibility index (Phi) is 4.54. The molecule has 6 nitrogen and oxygen atoms in total. The highest BCUT2D eigenvalue weighted by Gasteiger charge is 2.10. The zero-order valence-electron chi connectivity index (χ0n) is 9.36. The summed E-state index contributed by atoms with van der Waals surface area (Å²) in [7, 11) is 0. The number of aromatic nitrogens is 4. The fourth-order valence-electron chi connectivity index (χ4n) is 1.42. The maximum Gasteiger partial charge on any atom is 0.270 e. The fourth-order valence-corrected chi connectivity index (χ4v) is 2.12. The Morgan fingerprint density at radius 1 is 1.44 bits per heavy atom. The van der Waals surface area contributed by atoms with Crippen molar-refractivity contribution in [1.82, 2.24) is 25.3 Å². The maximum atomic E-state index is 11.7. The molecule has 0 aromatic carbocycles. The van der Waals surface area contributed by atoms with Crippen molar-refractivity contribution in [3.05, 3.63) is 33.2 Å². The number of nitrogens with zero attached hydrogens (tertiary/aromatic N) is 3.